The molecule has 0 unspecified atom stereocenters. The van der Waals surface area contributed by atoms with Gasteiger partial charge in [0.25, 0.3) is 5.56 Å². The Kier molecular flexibility index (Phi) is 5.25. The molecule has 1 atom stereocenters. The van der Waals surface area contributed by atoms with Crippen molar-refractivity contribution >= 4 is 33.3 Å². The SMILES string of the molecule is Cc1ccc(OC[C@@H](O)CSc2nc3sc4c(c3c(=O)n2C)CCC4)cc1. The maximum absolute atomic E-state index is 12.8. The molecule has 0 fully saturated rings. The highest BCUT2D eigenvalue weighted by atomic mass is 32.2. The van der Waals surface area contributed by atoms with E-state index in [9.17, 15) is 9.90 Å². The molecule has 0 bridgehead atoms. The molecule has 1 aliphatic rings. The monoisotopic (exact) mass is 402 g/mol. The van der Waals surface area contributed by atoms with Crippen LogP contribution in [0.2, 0.25) is 0 Å². The van der Waals surface area contributed by atoms with Crippen LogP contribution in [-0.2, 0) is 19.9 Å². The zero-order valence-electron chi connectivity index (χ0n) is 15.4. The lowest BCUT2D eigenvalue weighted by atomic mass is 10.2. The van der Waals surface area contributed by atoms with Crippen LogP contribution in [0.4, 0.5) is 0 Å². The molecule has 3 aromatic rings. The molecule has 2 aromatic heterocycles. The van der Waals surface area contributed by atoms with Gasteiger partial charge >= 0.3 is 0 Å². The van der Waals surface area contributed by atoms with Gasteiger partial charge in [-0.25, -0.2) is 4.98 Å². The Morgan fingerprint density at radius 3 is 2.89 bits per heavy atom. The highest BCUT2D eigenvalue weighted by Gasteiger charge is 2.22. The lowest BCUT2D eigenvalue weighted by Gasteiger charge is -2.13. The number of aryl methyl sites for hydroxylation is 3. The van der Waals surface area contributed by atoms with Crippen LogP contribution in [0, 0.1) is 6.92 Å². The second kappa shape index (κ2) is 7.66. The van der Waals surface area contributed by atoms with Gasteiger partial charge in [-0.3, -0.25) is 9.36 Å². The predicted octanol–water partition coefficient (Wildman–Crippen LogP) is 3.32. The van der Waals surface area contributed by atoms with E-state index in [1.165, 1.54) is 27.8 Å². The van der Waals surface area contributed by atoms with Gasteiger partial charge in [0.2, 0.25) is 0 Å². The van der Waals surface area contributed by atoms with E-state index >= 15 is 0 Å². The second-order valence-corrected chi connectivity index (χ2v) is 8.96. The lowest BCUT2D eigenvalue weighted by molar-refractivity contribution is 0.126. The number of ether oxygens (including phenoxy) is 1. The summed E-state index contributed by atoms with van der Waals surface area (Å²) in [6, 6.07) is 7.74. The Hall–Kier alpha value is -1.83. The summed E-state index contributed by atoms with van der Waals surface area (Å²) >= 11 is 3.03. The Balaban J connectivity index is 1.43. The quantitative estimate of drug-likeness (QED) is 0.506. The standard InChI is InChI=1S/C20H22N2O3S2/c1-12-6-8-14(9-7-12)25-10-13(23)11-26-20-21-18-17(19(24)22(20)2)15-4-3-5-16(15)27-18/h6-9,13,23H,3-5,10-11H2,1-2H3/t13-/m1/s1. The molecule has 0 radical (unpaired) electrons. The number of nitrogens with zero attached hydrogens (tertiary/aromatic N) is 2. The molecule has 4 rings (SSSR count). The van der Waals surface area contributed by atoms with Gasteiger partial charge in [0.05, 0.1) is 11.5 Å². The molecule has 0 saturated heterocycles. The Labute approximate surface area is 166 Å². The second-order valence-electron chi connectivity index (χ2n) is 6.88. The zero-order valence-corrected chi connectivity index (χ0v) is 17.0. The molecule has 5 nitrogen and oxygen atoms in total. The van der Waals surface area contributed by atoms with Crippen molar-refractivity contribution in [2.45, 2.75) is 37.4 Å². The number of fused-ring (bicyclic) bond motifs is 3. The van der Waals surface area contributed by atoms with Gasteiger partial charge in [0.15, 0.2) is 5.16 Å². The van der Waals surface area contributed by atoms with Crippen molar-refractivity contribution in [2.24, 2.45) is 7.05 Å². The number of hydrogen-bond donors (Lipinski definition) is 1. The summed E-state index contributed by atoms with van der Waals surface area (Å²) in [4.78, 5) is 19.6. The van der Waals surface area contributed by atoms with Crippen LogP contribution in [-0.4, -0.2) is 33.1 Å². The first-order chi connectivity index (χ1) is 13.0. The van der Waals surface area contributed by atoms with Crippen molar-refractivity contribution in [3.8, 4) is 5.75 Å². The van der Waals surface area contributed by atoms with Crippen molar-refractivity contribution in [1.29, 1.82) is 0 Å². The third-order valence-corrected chi connectivity index (χ3v) is 7.13. The molecule has 0 saturated carbocycles. The Morgan fingerprint density at radius 1 is 1.33 bits per heavy atom. The molecule has 0 amide bonds. The zero-order chi connectivity index (χ0) is 19.0. The summed E-state index contributed by atoms with van der Waals surface area (Å²) < 4.78 is 7.23. The average Bonchev–Trinajstić information content (AvgIpc) is 3.23. The smallest absolute Gasteiger partial charge is 0.262 e. The summed E-state index contributed by atoms with van der Waals surface area (Å²) in [5.41, 5.74) is 2.39. The maximum atomic E-state index is 12.8. The van der Waals surface area contributed by atoms with Gasteiger partial charge < -0.3 is 9.84 Å². The van der Waals surface area contributed by atoms with E-state index < -0.39 is 6.10 Å². The normalized spacial score (nSPS) is 14.5. The Bertz CT molecular complexity index is 1020. The van der Waals surface area contributed by atoms with Crippen LogP contribution in [0.15, 0.2) is 34.2 Å². The number of hydrogen-bond acceptors (Lipinski definition) is 6. The number of thiophene rings is 1. The molecular weight excluding hydrogens is 380 g/mol. The fourth-order valence-electron chi connectivity index (χ4n) is 3.28. The van der Waals surface area contributed by atoms with Crippen LogP contribution < -0.4 is 10.3 Å². The largest absolute Gasteiger partial charge is 0.491 e. The van der Waals surface area contributed by atoms with E-state index in [-0.39, 0.29) is 12.2 Å². The van der Waals surface area contributed by atoms with Crippen LogP contribution in [0.25, 0.3) is 10.2 Å². The highest BCUT2D eigenvalue weighted by molar-refractivity contribution is 7.99. The van der Waals surface area contributed by atoms with Crippen LogP contribution in [0.5, 0.6) is 5.75 Å². The summed E-state index contributed by atoms with van der Waals surface area (Å²) in [5.74, 6) is 1.16. The van der Waals surface area contributed by atoms with E-state index in [0.717, 1.165) is 35.2 Å². The van der Waals surface area contributed by atoms with E-state index in [1.807, 2.05) is 31.2 Å². The van der Waals surface area contributed by atoms with Crippen molar-refractivity contribution in [3.05, 3.63) is 50.6 Å². The summed E-state index contributed by atoms with van der Waals surface area (Å²) in [5, 5.41) is 11.7. The molecule has 1 aromatic carbocycles. The first-order valence-corrected chi connectivity index (χ1v) is 10.8. The number of aromatic nitrogens is 2. The third-order valence-electron chi connectivity index (χ3n) is 4.77. The number of thioether (sulfide) groups is 1. The molecule has 1 N–H and O–H groups in total. The van der Waals surface area contributed by atoms with Crippen LogP contribution in [0.1, 0.15) is 22.4 Å². The number of rotatable bonds is 6. The van der Waals surface area contributed by atoms with E-state index in [2.05, 4.69) is 0 Å². The number of aliphatic hydroxyl groups excluding tert-OH is 1. The number of benzene rings is 1. The molecule has 7 heteroatoms. The topological polar surface area (TPSA) is 64.3 Å². The predicted molar refractivity (Wildman–Crippen MR) is 110 cm³/mol. The van der Waals surface area contributed by atoms with E-state index in [4.69, 9.17) is 9.72 Å². The van der Waals surface area contributed by atoms with Crippen molar-refractivity contribution in [1.82, 2.24) is 9.55 Å². The average molecular weight is 403 g/mol. The molecule has 142 valence electrons. The summed E-state index contributed by atoms with van der Waals surface area (Å²) in [7, 11) is 1.76. The summed E-state index contributed by atoms with van der Waals surface area (Å²) in [6.45, 7) is 2.23. The maximum Gasteiger partial charge on any atom is 0.262 e. The van der Waals surface area contributed by atoms with Crippen LogP contribution in [0.3, 0.4) is 0 Å². The minimum absolute atomic E-state index is 0.0206. The van der Waals surface area contributed by atoms with Gasteiger partial charge in [0, 0.05) is 17.7 Å². The van der Waals surface area contributed by atoms with E-state index in [1.54, 1.807) is 23.0 Å². The van der Waals surface area contributed by atoms with Crippen molar-refractivity contribution < 1.29 is 9.84 Å². The molecule has 1 aliphatic carbocycles. The van der Waals surface area contributed by atoms with Gasteiger partial charge in [-0.05, 0) is 43.9 Å². The molecule has 0 spiro atoms. The van der Waals surface area contributed by atoms with Crippen molar-refractivity contribution in [3.63, 3.8) is 0 Å². The van der Waals surface area contributed by atoms with Gasteiger partial charge in [-0.2, -0.15) is 0 Å². The molecule has 0 aliphatic heterocycles. The molecular formula is C20H22N2O3S2. The van der Waals surface area contributed by atoms with E-state index in [0.29, 0.717) is 10.9 Å². The minimum Gasteiger partial charge on any atom is -0.491 e. The fraction of sp³-hybridized carbons (Fsp3) is 0.400. The minimum atomic E-state index is -0.641. The molecule has 2 heterocycles. The fourth-order valence-corrected chi connectivity index (χ4v) is 5.46. The van der Waals surface area contributed by atoms with Crippen LogP contribution >= 0.6 is 23.1 Å². The Morgan fingerprint density at radius 2 is 2.11 bits per heavy atom. The highest BCUT2D eigenvalue weighted by Crippen LogP contribution is 2.35. The molecule has 27 heavy (non-hydrogen) atoms. The number of aliphatic hydroxyl groups is 1. The summed E-state index contributed by atoms with van der Waals surface area (Å²) in [6.07, 6.45) is 2.52. The first-order valence-electron chi connectivity index (χ1n) is 9.04. The lowest BCUT2D eigenvalue weighted by Crippen LogP contribution is -2.23. The van der Waals surface area contributed by atoms with Crippen molar-refractivity contribution in [2.75, 3.05) is 12.4 Å². The van der Waals surface area contributed by atoms with Gasteiger partial charge in [-0.15, -0.1) is 11.3 Å². The van der Waals surface area contributed by atoms with Gasteiger partial charge in [-0.1, -0.05) is 29.5 Å². The first kappa shape index (κ1) is 18.5. The third kappa shape index (κ3) is 3.77. The van der Waals surface area contributed by atoms with Gasteiger partial charge in [0.1, 0.15) is 17.2 Å².